The van der Waals surface area contributed by atoms with Gasteiger partial charge in [-0.15, -0.1) is 0 Å². The van der Waals surface area contributed by atoms with Gasteiger partial charge in [-0.2, -0.15) is 0 Å². The molecule has 34 heavy (non-hydrogen) atoms. The van der Waals surface area contributed by atoms with Gasteiger partial charge in [0, 0.05) is 81.2 Å². The fourth-order valence-corrected chi connectivity index (χ4v) is 6.84. The van der Waals surface area contributed by atoms with Crippen LogP contribution >= 0.6 is 0 Å². The molecule has 3 fully saturated rings. The largest absolute Gasteiger partial charge is 0.368 e. The van der Waals surface area contributed by atoms with E-state index in [1.165, 1.54) is 29.7 Å². The maximum Gasteiger partial charge on any atom is 0.253 e. The fourth-order valence-electron chi connectivity index (χ4n) is 6.84. The molecular formula is C27H32N6O. The van der Waals surface area contributed by atoms with Gasteiger partial charge in [-0.1, -0.05) is 6.07 Å². The number of nitrogens with zero attached hydrogens (tertiary/aromatic N) is 5. The van der Waals surface area contributed by atoms with Crippen molar-refractivity contribution in [2.75, 3.05) is 36.0 Å². The maximum atomic E-state index is 12.7. The lowest BCUT2D eigenvalue weighted by atomic mass is 10.00. The van der Waals surface area contributed by atoms with Gasteiger partial charge < -0.3 is 15.1 Å². The van der Waals surface area contributed by atoms with Gasteiger partial charge in [-0.3, -0.25) is 14.3 Å². The molecular weight excluding hydrogens is 424 g/mol. The summed E-state index contributed by atoms with van der Waals surface area (Å²) in [6.45, 7) is 7.39. The molecule has 3 saturated heterocycles. The first-order chi connectivity index (χ1) is 16.5. The molecule has 176 valence electrons. The first-order valence-electron chi connectivity index (χ1n) is 12.6. The molecule has 7 heteroatoms. The molecule has 0 amide bonds. The molecule has 7 rings (SSSR count). The van der Waals surface area contributed by atoms with E-state index < -0.39 is 0 Å². The van der Waals surface area contributed by atoms with Gasteiger partial charge in [0.15, 0.2) is 0 Å². The molecule has 6 heterocycles. The zero-order valence-corrected chi connectivity index (χ0v) is 19.9. The molecule has 2 aromatic heterocycles. The fraction of sp³-hybridized carbons (Fsp3) is 0.481. The number of hydrogen-bond acceptors (Lipinski definition) is 6. The molecule has 2 unspecified atom stereocenters. The van der Waals surface area contributed by atoms with Gasteiger partial charge in [0.25, 0.3) is 5.56 Å². The van der Waals surface area contributed by atoms with Crippen LogP contribution in [-0.2, 0) is 13.6 Å². The monoisotopic (exact) mass is 456 g/mol. The smallest absolute Gasteiger partial charge is 0.253 e. The Balaban J connectivity index is 1.21. The standard InChI is InChI=1S/C27H32N6O/c1-17-12-32(24-11-26(34)30(2)27-23(24)4-3-9-28-27)16-25-22-8-7-21(10-18(22)13-33(17)25)31-14-19-5-6-20(15-31)29-19/h3-4,7-11,17,19-20,25,29H,5-6,12-16H2,1-2H3/t17-,19?,20?,25-/m1/s1. The maximum absolute atomic E-state index is 12.7. The number of benzene rings is 1. The minimum absolute atomic E-state index is 0.00210. The van der Waals surface area contributed by atoms with Crippen LogP contribution in [0.3, 0.4) is 0 Å². The lowest BCUT2D eigenvalue weighted by Crippen LogP contribution is -2.51. The van der Waals surface area contributed by atoms with Crippen molar-refractivity contribution in [2.45, 2.75) is 50.5 Å². The summed E-state index contributed by atoms with van der Waals surface area (Å²) in [7, 11) is 1.80. The molecule has 3 aromatic rings. The molecule has 1 N–H and O–H groups in total. The number of piperazine rings is 2. The first kappa shape index (κ1) is 20.5. The van der Waals surface area contributed by atoms with E-state index in [1.54, 1.807) is 23.9 Å². The summed E-state index contributed by atoms with van der Waals surface area (Å²) < 4.78 is 1.65. The van der Waals surface area contributed by atoms with Crippen LogP contribution in [0.2, 0.25) is 0 Å². The van der Waals surface area contributed by atoms with Crippen LogP contribution in [0.15, 0.2) is 47.4 Å². The molecule has 0 aliphatic carbocycles. The van der Waals surface area contributed by atoms with Crippen molar-refractivity contribution in [3.05, 3.63) is 64.1 Å². The highest BCUT2D eigenvalue weighted by molar-refractivity contribution is 5.89. The Bertz CT molecular complexity index is 1320. The highest BCUT2D eigenvalue weighted by Gasteiger charge is 2.40. The molecule has 4 aliphatic heterocycles. The molecule has 4 atom stereocenters. The number of aryl methyl sites for hydroxylation is 1. The average Bonchev–Trinajstić information content (AvgIpc) is 3.40. The van der Waals surface area contributed by atoms with Gasteiger partial charge in [0.1, 0.15) is 5.65 Å². The second kappa shape index (κ2) is 7.55. The Kier molecular flexibility index (Phi) is 4.55. The molecule has 0 radical (unpaired) electrons. The Morgan fingerprint density at radius 1 is 1.00 bits per heavy atom. The SMILES string of the molecule is C[C@@H]1CN(c2cc(=O)n(C)c3ncccc23)C[C@@H]2c3ccc(N4CC5CCC(C4)N5)cc3CN12. The van der Waals surface area contributed by atoms with Crippen molar-refractivity contribution in [3.8, 4) is 0 Å². The number of hydrogen-bond donors (Lipinski definition) is 1. The molecule has 2 bridgehead atoms. The second-order valence-corrected chi connectivity index (χ2v) is 10.7. The number of pyridine rings is 2. The zero-order valence-electron chi connectivity index (χ0n) is 19.9. The number of anilines is 2. The Morgan fingerprint density at radius 3 is 2.65 bits per heavy atom. The van der Waals surface area contributed by atoms with Gasteiger partial charge in [-0.25, -0.2) is 4.98 Å². The van der Waals surface area contributed by atoms with E-state index in [9.17, 15) is 4.79 Å². The predicted molar refractivity (Wildman–Crippen MR) is 136 cm³/mol. The Hall–Kier alpha value is -2.90. The lowest BCUT2D eigenvalue weighted by molar-refractivity contribution is 0.134. The summed E-state index contributed by atoms with van der Waals surface area (Å²) in [6, 6.07) is 15.1. The van der Waals surface area contributed by atoms with E-state index in [0.29, 0.717) is 24.2 Å². The van der Waals surface area contributed by atoms with Crippen LogP contribution < -0.4 is 20.7 Å². The number of nitrogens with one attached hydrogen (secondary N) is 1. The predicted octanol–water partition coefficient (Wildman–Crippen LogP) is 2.64. The lowest BCUT2D eigenvalue weighted by Gasteiger charge is -2.43. The summed E-state index contributed by atoms with van der Waals surface area (Å²) in [6.07, 6.45) is 4.38. The van der Waals surface area contributed by atoms with E-state index in [0.717, 1.165) is 49.4 Å². The Morgan fingerprint density at radius 2 is 1.82 bits per heavy atom. The van der Waals surface area contributed by atoms with Crippen molar-refractivity contribution in [3.63, 3.8) is 0 Å². The van der Waals surface area contributed by atoms with E-state index in [4.69, 9.17) is 0 Å². The number of fused-ring (bicyclic) bond motifs is 6. The van der Waals surface area contributed by atoms with Crippen molar-refractivity contribution >= 4 is 22.4 Å². The van der Waals surface area contributed by atoms with Crippen LogP contribution in [-0.4, -0.2) is 58.8 Å². The third-order valence-electron chi connectivity index (χ3n) is 8.58. The van der Waals surface area contributed by atoms with Gasteiger partial charge in [0.2, 0.25) is 0 Å². The quantitative estimate of drug-likeness (QED) is 0.640. The molecule has 4 aliphatic rings. The highest BCUT2D eigenvalue weighted by Crippen LogP contribution is 2.42. The summed E-state index contributed by atoms with van der Waals surface area (Å²) >= 11 is 0. The summed E-state index contributed by atoms with van der Waals surface area (Å²) in [5.41, 5.74) is 6.06. The van der Waals surface area contributed by atoms with Crippen molar-refractivity contribution in [1.82, 2.24) is 19.8 Å². The van der Waals surface area contributed by atoms with Crippen molar-refractivity contribution < 1.29 is 0 Å². The van der Waals surface area contributed by atoms with Gasteiger partial charge in [-0.05, 0) is 55.2 Å². The summed E-state index contributed by atoms with van der Waals surface area (Å²) in [4.78, 5) is 24.9. The van der Waals surface area contributed by atoms with Gasteiger partial charge >= 0.3 is 0 Å². The van der Waals surface area contributed by atoms with Crippen LogP contribution in [0.25, 0.3) is 11.0 Å². The van der Waals surface area contributed by atoms with E-state index in [2.05, 4.69) is 56.2 Å². The van der Waals surface area contributed by atoms with Crippen LogP contribution in [0, 0.1) is 0 Å². The van der Waals surface area contributed by atoms with E-state index in [-0.39, 0.29) is 5.56 Å². The zero-order chi connectivity index (χ0) is 23.0. The van der Waals surface area contributed by atoms with Crippen molar-refractivity contribution in [1.29, 1.82) is 0 Å². The molecule has 0 saturated carbocycles. The summed E-state index contributed by atoms with van der Waals surface area (Å²) in [5.74, 6) is 0. The molecule has 0 spiro atoms. The number of aromatic nitrogens is 2. The average molecular weight is 457 g/mol. The van der Waals surface area contributed by atoms with Crippen LogP contribution in [0.5, 0.6) is 0 Å². The minimum Gasteiger partial charge on any atom is -0.368 e. The third kappa shape index (κ3) is 3.10. The second-order valence-electron chi connectivity index (χ2n) is 10.7. The van der Waals surface area contributed by atoms with Crippen LogP contribution in [0.1, 0.15) is 36.9 Å². The van der Waals surface area contributed by atoms with Gasteiger partial charge in [0.05, 0.1) is 11.7 Å². The van der Waals surface area contributed by atoms with Crippen molar-refractivity contribution in [2.24, 2.45) is 7.05 Å². The topological polar surface area (TPSA) is 56.6 Å². The van der Waals surface area contributed by atoms with E-state index >= 15 is 0 Å². The first-order valence-corrected chi connectivity index (χ1v) is 12.6. The minimum atomic E-state index is -0.00210. The van der Waals surface area contributed by atoms with Crippen LogP contribution in [0.4, 0.5) is 11.4 Å². The molecule has 7 nitrogen and oxygen atoms in total. The third-order valence-corrected chi connectivity index (χ3v) is 8.58. The highest BCUT2D eigenvalue weighted by atomic mass is 16.1. The normalized spacial score (nSPS) is 28.4. The molecule has 1 aromatic carbocycles. The number of rotatable bonds is 2. The Labute approximate surface area is 200 Å². The van der Waals surface area contributed by atoms with E-state index in [1.807, 2.05) is 6.07 Å². The summed E-state index contributed by atoms with van der Waals surface area (Å²) in [5, 5.41) is 4.79.